The molecule has 0 spiro atoms. The Labute approximate surface area is 193 Å². The van der Waals surface area contributed by atoms with Gasteiger partial charge in [-0.1, -0.05) is 53.7 Å². The Morgan fingerprint density at radius 1 is 0.939 bits per heavy atom. The highest BCUT2D eigenvalue weighted by Crippen LogP contribution is 2.28. The summed E-state index contributed by atoms with van der Waals surface area (Å²) in [6.45, 7) is 6.10. The molecule has 1 saturated heterocycles. The normalized spacial score (nSPS) is 16.1. The molecule has 1 aliphatic rings. The first kappa shape index (κ1) is 21.5. The predicted molar refractivity (Wildman–Crippen MR) is 127 cm³/mol. The Bertz CT molecular complexity index is 1210. The summed E-state index contributed by atoms with van der Waals surface area (Å²) >= 11 is 0. The Balaban J connectivity index is 1.35. The number of hydrogen-bond donors (Lipinski definition) is 0. The number of fused-ring (bicyclic) bond motifs is 1. The van der Waals surface area contributed by atoms with E-state index in [1.807, 2.05) is 37.3 Å². The van der Waals surface area contributed by atoms with Crippen molar-refractivity contribution in [2.75, 3.05) is 38.2 Å². The van der Waals surface area contributed by atoms with Gasteiger partial charge in [-0.25, -0.2) is 9.97 Å². The zero-order valence-electron chi connectivity index (χ0n) is 19.0. The number of para-hydroxylation sites is 1. The van der Waals surface area contributed by atoms with Crippen molar-refractivity contribution < 1.29 is 9.26 Å². The van der Waals surface area contributed by atoms with Gasteiger partial charge in [0.15, 0.2) is 5.82 Å². The summed E-state index contributed by atoms with van der Waals surface area (Å²) in [5, 5.41) is 5.11. The minimum absolute atomic E-state index is 0.175. The number of benzene rings is 2. The van der Waals surface area contributed by atoms with Crippen LogP contribution < -0.4 is 4.90 Å². The molecular formula is C25H28N6O2. The van der Waals surface area contributed by atoms with Crippen molar-refractivity contribution in [3.05, 3.63) is 66.3 Å². The maximum absolute atomic E-state index is 5.43. The first-order valence-corrected chi connectivity index (χ1v) is 11.4. The largest absolute Gasteiger partial charge is 0.374 e. The average molecular weight is 445 g/mol. The van der Waals surface area contributed by atoms with E-state index in [-0.39, 0.29) is 6.10 Å². The summed E-state index contributed by atoms with van der Waals surface area (Å²) in [7, 11) is 1.64. The second-order valence-corrected chi connectivity index (χ2v) is 8.30. The summed E-state index contributed by atoms with van der Waals surface area (Å²) in [6, 6.07) is 18.5. The van der Waals surface area contributed by atoms with Gasteiger partial charge in [0, 0.05) is 44.2 Å². The molecule has 33 heavy (non-hydrogen) atoms. The van der Waals surface area contributed by atoms with Gasteiger partial charge in [-0.2, -0.15) is 4.98 Å². The molecule has 0 amide bonds. The van der Waals surface area contributed by atoms with Gasteiger partial charge in [0.25, 0.3) is 0 Å². The van der Waals surface area contributed by atoms with Crippen LogP contribution in [0.25, 0.3) is 22.2 Å². The highest BCUT2D eigenvalue weighted by Gasteiger charge is 2.21. The lowest BCUT2D eigenvalue weighted by Gasteiger charge is -2.22. The average Bonchev–Trinajstić information content (AvgIpc) is 3.21. The molecule has 0 bridgehead atoms. The molecule has 2 aromatic heterocycles. The van der Waals surface area contributed by atoms with Gasteiger partial charge < -0.3 is 14.2 Å². The molecule has 0 radical (unpaired) electrons. The Morgan fingerprint density at radius 3 is 2.61 bits per heavy atom. The number of rotatable bonds is 6. The number of nitrogens with zero attached hydrogens (tertiary/aromatic N) is 6. The Morgan fingerprint density at radius 2 is 1.76 bits per heavy atom. The van der Waals surface area contributed by atoms with Crippen LogP contribution in [0.3, 0.4) is 0 Å². The van der Waals surface area contributed by atoms with E-state index < -0.39 is 0 Å². The van der Waals surface area contributed by atoms with E-state index in [1.54, 1.807) is 7.11 Å². The van der Waals surface area contributed by atoms with E-state index in [4.69, 9.17) is 19.2 Å². The molecule has 5 rings (SSSR count). The standard InChI is InChI=1S/C25H28N6O2/c1-18(32-2)24-27-22(33-29-24)17-30-13-8-14-31(16-15-30)25-26-21-12-7-6-11-20(21)23(28-25)19-9-4-3-5-10-19/h3-7,9-12,18H,8,13-17H2,1-2H3. The van der Waals surface area contributed by atoms with Gasteiger partial charge in [0.05, 0.1) is 17.8 Å². The monoisotopic (exact) mass is 444 g/mol. The van der Waals surface area contributed by atoms with Gasteiger partial charge in [0.2, 0.25) is 11.8 Å². The second-order valence-electron chi connectivity index (χ2n) is 8.30. The first-order chi connectivity index (χ1) is 16.2. The summed E-state index contributed by atoms with van der Waals surface area (Å²) in [6.07, 6.45) is 0.831. The van der Waals surface area contributed by atoms with E-state index in [2.05, 4.69) is 44.2 Å². The predicted octanol–water partition coefficient (Wildman–Crippen LogP) is 4.10. The van der Waals surface area contributed by atoms with Gasteiger partial charge >= 0.3 is 0 Å². The molecular weight excluding hydrogens is 416 g/mol. The molecule has 0 aliphatic carbocycles. The molecule has 1 atom stereocenters. The van der Waals surface area contributed by atoms with Crippen molar-refractivity contribution in [2.45, 2.75) is 26.0 Å². The fraction of sp³-hybridized carbons (Fsp3) is 0.360. The fourth-order valence-electron chi connectivity index (χ4n) is 4.14. The van der Waals surface area contributed by atoms with Gasteiger partial charge in [-0.15, -0.1) is 0 Å². The summed E-state index contributed by atoms with van der Waals surface area (Å²) in [4.78, 5) is 19.0. The van der Waals surface area contributed by atoms with Crippen LogP contribution in [-0.2, 0) is 11.3 Å². The lowest BCUT2D eigenvalue weighted by atomic mass is 10.1. The van der Waals surface area contributed by atoms with Gasteiger partial charge in [0.1, 0.15) is 6.10 Å². The van der Waals surface area contributed by atoms with Crippen LogP contribution in [0.4, 0.5) is 5.95 Å². The second kappa shape index (κ2) is 9.64. The van der Waals surface area contributed by atoms with E-state index in [0.717, 1.165) is 60.7 Å². The fourth-order valence-corrected chi connectivity index (χ4v) is 4.14. The van der Waals surface area contributed by atoms with E-state index in [9.17, 15) is 0 Å². The number of ether oxygens (including phenoxy) is 1. The maximum Gasteiger partial charge on any atom is 0.240 e. The van der Waals surface area contributed by atoms with Crippen molar-refractivity contribution in [2.24, 2.45) is 0 Å². The van der Waals surface area contributed by atoms with Crippen LogP contribution in [0.2, 0.25) is 0 Å². The van der Waals surface area contributed by atoms with E-state index in [0.29, 0.717) is 18.3 Å². The van der Waals surface area contributed by atoms with Crippen molar-refractivity contribution >= 4 is 16.9 Å². The molecule has 0 N–H and O–H groups in total. The van der Waals surface area contributed by atoms with Gasteiger partial charge in [-0.05, 0) is 19.4 Å². The quantitative estimate of drug-likeness (QED) is 0.440. The lowest BCUT2D eigenvalue weighted by molar-refractivity contribution is 0.109. The highest BCUT2D eigenvalue weighted by molar-refractivity contribution is 5.93. The first-order valence-electron chi connectivity index (χ1n) is 11.4. The van der Waals surface area contributed by atoms with Crippen LogP contribution in [0.5, 0.6) is 0 Å². The topological polar surface area (TPSA) is 80.4 Å². The zero-order chi connectivity index (χ0) is 22.6. The van der Waals surface area contributed by atoms with Gasteiger partial charge in [-0.3, -0.25) is 4.90 Å². The molecule has 8 nitrogen and oxygen atoms in total. The molecule has 170 valence electrons. The zero-order valence-corrected chi connectivity index (χ0v) is 19.0. The molecule has 0 saturated carbocycles. The van der Waals surface area contributed by atoms with Crippen LogP contribution in [0, 0.1) is 0 Å². The number of methoxy groups -OCH3 is 1. The van der Waals surface area contributed by atoms with Crippen molar-refractivity contribution in [3.63, 3.8) is 0 Å². The van der Waals surface area contributed by atoms with Crippen LogP contribution in [0.1, 0.15) is 31.2 Å². The van der Waals surface area contributed by atoms with E-state index in [1.165, 1.54) is 0 Å². The Kier molecular flexibility index (Phi) is 6.28. The molecule has 8 heteroatoms. The van der Waals surface area contributed by atoms with E-state index >= 15 is 0 Å². The van der Waals surface area contributed by atoms with Crippen LogP contribution in [-0.4, -0.2) is 58.3 Å². The van der Waals surface area contributed by atoms with Crippen LogP contribution >= 0.6 is 0 Å². The number of aromatic nitrogens is 4. The van der Waals surface area contributed by atoms with Crippen molar-refractivity contribution in [1.82, 2.24) is 25.0 Å². The third kappa shape index (κ3) is 4.72. The summed E-state index contributed by atoms with van der Waals surface area (Å²) < 4.78 is 10.7. The molecule has 2 aromatic carbocycles. The molecule has 1 fully saturated rings. The molecule has 1 unspecified atom stereocenters. The lowest BCUT2D eigenvalue weighted by Crippen LogP contribution is -2.31. The molecule has 1 aliphatic heterocycles. The third-order valence-electron chi connectivity index (χ3n) is 6.07. The van der Waals surface area contributed by atoms with Crippen molar-refractivity contribution in [3.8, 4) is 11.3 Å². The number of anilines is 1. The minimum Gasteiger partial charge on any atom is -0.374 e. The Hall–Kier alpha value is -3.36. The highest BCUT2D eigenvalue weighted by atomic mass is 16.5. The smallest absolute Gasteiger partial charge is 0.240 e. The molecule has 3 heterocycles. The summed E-state index contributed by atoms with van der Waals surface area (Å²) in [5.74, 6) is 1.99. The number of hydrogen-bond acceptors (Lipinski definition) is 8. The third-order valence-corrected chi connectivity index (χ3v) is 6.07. The summed E-state index contributed by atoms with van der Waals surface area (Å²) in [5.41, 5.74) is 3.04. The van der Waals surface area contributed by atoms with Crippen molar-refractivity contribution in [1.29, 1.82) is 0 Å². The SMILES string of the molecule is COC(C)c1noc(CN2CCCN(c3nc(-c4ccccc4)c4ccccc4n3)CC2)n1. The maximum atomic E-state index is 5.43. The molecule has 4 aromatic rings. The van der Waals surface area contributed by atoms with Crippen LogP contribution in [0.15, 0.2) is 59.1 Å². The minimum atomic E-state index is -0.175.